The fraction of sp³-hybridized carbons (Fsp3) is 0.333. The van der Waals surface area contributed by atoms with Crippen LogP contribution in [0.4, 0.5) is 0 Å². The molecule has 0 aliphatic carbocycles. The van der Waals surface area contributed by atoms with Gasteiger partial charge in [0, 0.05) is 5.56 Å². The predicted octanol–water partition coefficient (Wildman–Crippen LogP) is 3.01. The Labute approximate surface area is 85.2 Å². The molecule has 0 fully saturated rings. The molecule has 2 heteroatoms. The normalized spacial score (nSPS) is 11.3. The lowest BCUT2D eigenvalue weighted by molar-refractivity contribution is 0.369. The molecule has 0 heterocycles. The summed E-state index contributed by atoms with van der Waals surface area (Å²) in [6.45, 7) is 3.98. The van der Waals surface area contributed by atoms with Gasteiger partial charge in [-0.15, -0.1) is 0 Å². The predicted molar refractivity (Wildman–Crippen MR) is 58.4 cm³/mol. The summed E-state index contributed by atoms with van der Waals surface area (Å²) in [4.78, 5) is 0. The molecule has 0 aromatic heterocycles. The van der Waals surface area contributed by atoms with Crippen LogP contribution < -0.4 is 4.74 Å². The van der Waals surface area contributed by atoms with Crippen molar-refractivity contribution in [3.05, 3.63) is 35.4 Å². The molecule has 0 atom stereocenters. The quantitative estimate of drug-likeness (QED) is 0.685. The number of methoxy groups -OCH3 is 2. The van der Waals surface area contributed by atoms with Crippen molar-refractivity contribution in [2.45, 2.75) is 13.8 Å². The first kappa shape index (κ1) is 10.6. The summed E-state index contributed by atoms with van der Waals surface area (Å²) >= 11 is 0. The van der Waals surface area contributed by atoms with Gasteiger partial charge in [-0.1, -0.05) is 0 Å². The number of benzene rings is 1. The molecule has 0 aliphatic heterocycles. The standard InChI is InChI=1S/C12H16O2/c1-5-11(13-3)10-6-7-12(14-4)9(2)8-10/h5-8H,1-4H3/b11-5-. The zero-order valence-electron chi connectivity index (χ0n) is 9.13. The van der Waals surface area contributed by atoms with Gasteiger partial charge < -0.3 is 9.47 Å². The second-order valence-electron chi connectivity index (χ2n) is 3.04. The molecule has 0 saturated carbocycles. The zero-order chi connectivity index (χ0) is 10.6. The molecule has 0 N–H and O–H groups in total. The summed E-state index contributed by atoms with van der Waals surface area (Å²) in [5.41, 5.74) is 2.19. The number of rotatable bonds is 3. The van der Waals surface area contributed by atoms with E-state index in [1.165, 1.54) is 0 Å². The Kier molecular flexibility index (Phi) is 3.57. The smallest absolute Gasteiger partial charge is 0.121 e. The van der Waals surface area contributed by atoms with Gasteiger partial charge in [-0.05, 0) is 43.7 Å². The molecule has 1 rings (SSSR count). The number of hydrogen-bond donors (Lipinski definition) is 0. The van der Waals surface area contributed by atoms with Crippen LogP contribution in [0.15, 0.2) is 24.3 Å². The van der Waals surface area contributed by atoms with Crippen molar-refractivity contribution in [2.24, 2.45) is 0 Å². The highest BCUT2D eigenvalue weighted by Gasteiger charge is 2.03. The minimum atomic E-state index is 0.885. The van der Waals surface area contributed by atoms with Crippen LogP contribution in [0, 0.1) is 6.92 Å². The van der Waals surface area contributed by atoms with Gasteiger partial charge in [-0.2, -0.15) is 0 Å². The lowest BCUT2D eigenvalue weighted by atomic mass is 10.1. The maximum atomic E-state index is 5.23. The van der Waals surface area contributed by atoms with Gasteiger partial charge in [-0.25, -0.2) is 0 Å². The fourth-order valence-electron chi connectivity index (χ4n) is 1.43. The number of ether oxygens (including phenoxy) is 2. The SMILES string of the molecule is C/C=C(\OC)c1ccc(OC)c(C)c1. The lowest BCUT2D eigenvalue weighted by Crippen LogP contribution is -1.91. The lowest BCUT2D eigenvalue weighted by Gasteiger charge is -2.09. The van der Waals surface area contributed by atoms with Crippen molar-refractivity contribution in [3.63, 3.8) is 0 Å². The van der Waals surface area contributed by atoms with Crippen LogP contribution in [0.25, 0.3) is 5.76 Å². The summed E-state index contributed by atoms with van der Waals surface area (Å²) in [5.74, 6) is 1.79. The highest BCUT2D eigenvalue weighted by molar-refractivity contribution is 5.61. The average molecular weight is 192 g/mol. The molecule has 2 nitrogen and oxygen atoms in total. The molecule has 0 unspecified atom stereocenters. The van der Waals surface area contributed by atoms with E-state index in [0.29, 0.717) is 0 Å². The summed E-state index contributed by atoms with van der Waals surface area (Å²) in [7, 11) is 3.35. The third-order valence-electron chi connectivity index (χ3n) is 2.16. The van der Waals surface area contributed by atoms with Crippen molar-refractivity contribution < 1.29 is 9.47 Å². The first-order valence-corrected chi connectivity index (χ1v) is 4.58. The fourth-order valence-corrected chi connectivity index (χ4v) is 1.43. The minimum absolute atomic E-state index is 0.885. The molecule has 0 radical (unpaired) electrons. The second-order valence-corrected chi connectivity index (χ2v) is 3.04. The monoisotopic (exact) mass is 192 g/mol. The highest BCUT2D eigenvalue weighted by Crippen LogP contribution is 2.23. The largest absolute Gasteiger partial charge is 0.496 e. The van der Waals surface area contributed by atoms with Gasteiger partial charge in [0.05, 0.1) is 14.2 Å². The van der Waals surface area contributed by atoms with Crippen molar-refractivity contribution in [3.8, 4) is 5.75 Å². The average Bonchev–Trinajstić information content (AvgIpc) is 2.20. The molecule has 0 spiro atoms. The highest BCUT2D eigenvalue weighted by atomic mass is 16.5. The molecule has 14 heavy (non-hydrogen) atoms. The summed E-state index contributed by atoms with van der Waals surface area (Å²) < 4.78 is 10.4. The summed E-state index contributed by atoms with van der Waals surface area (Å²) in [6, 6.07) is 6.00. The number of hydrogen-bond acceptors (Lipinski definition) is 2. The van der Waals surface area contributed by atoms with Gasteiger partial charge in [0.25, 0.3) is 0 Å². The van der Waals surface area contributed by atoms with Gasteiger partial charge in [0.1, 0.15) is 11.5 Å². The summed E-state index contributed by atoms with van der Waals surface area (Å²) in [6.07, 6.45) is 1.95. The minimum Gasteiger partial charge on any atom is -0.496 e. The molecular weight excluding hydrogens is 176 g/mol. The Hall–Kier alpha value is -1.44. The van der Waals surface area contributed by atoms with E-state index in [1.54, 1.807) is 14.2 Å². The topological polar surface area (TPSA) is 18.5 Å². The molecule has 0 amide bonds. The molecule has 1 aromatic rings. The Balaban J connectivity index is 3.08. The Morgan fingerprint density at radius 1 is 1.29 bits per heavy atom. The molecule has 0 aliphatic rings. The third kappa shape index (κ3) is 2.08. The van der Waals surface area contributed by atoms with Crippen LogP contribution in [-0.4, -0.2) is 14.2 Å². The number of aryl methyl sites for hydroxylation is 1. The first-order valence-electron chi connectivity index (χ1n) is 4.58. The molecular formula is C12H16O2. The van der Waals surface area contributed by atoms with E-state index in [2.05, 4.69) is 6.07 Å². The molecule has 0 bridgehead atoms. The van der Waals surface area contributed by atoms with E-state index in [0.717, 1.165) is 22.6 Å². The van der Waals surface area contributed by atoms with E-state index in [4.69, 9.17) is 9.47 Å². The van der Waals surface area contributed by atoms with Gasteiger partial charge >= 0.3 is 0 Å². The molecule has 76 valence electrons. The maximum absolute atomic E-state index is 5.23. The van der Waals surface area contributed by atoms with Crippen molar-refractivity contribution in [1.29, 1.82) is 0 Å². The van der Waals surface area contributed by atoms with Crippen molar-refractivity contribution >= 4 is 5.76 Å². The summed E-state index contributed by atoms with van der Waals surface area (Å²) in [5, 5.41) is 0. The zero-order valence-corrected chi connectivity index (χ0v) is 9.13. The Bertz CT molecular complexity index is 340. The van der Waals surface area contributed by atoms with Gasteiger partial charge in [-0.3, -0.25) is 0 Å². The van der Waals surface area contributed by atoms with Crippen LogP contribution in [0.1, 0.15) is 18.1 Å². The van der Waals surface area contributed by atoms with Gasteiger partial charge in [0.15, 0.2) is 0 Å². The number of allylic oxidation sites excluding steroid dienone is 1. The first-order chi connectivity index (χ1) is 6.72. The van der Waals surface area contributed by atoms with Crippen molar-refractivity contribution in [1.82, 2.24) is 0 Å². The Morgan fingerprint density at radius 3 is 2.43 bits per heavy atom. The van der Waals surface area contributed by atoms with Crippen LogP contribution in [0.2, 0.25) is 0 Å². The van der Waals surface area contributed by atoms with Crippen LogP contribution in [0.5, 0.6) is 5.75 Å². The Morgan fingerprint density at radius 2 is 2.00 bits per heavy atom. The van der Waals surface area contributed by atoms with E-state index < -0.39 is 0 Å². The maximum Gasteiger partial charge on any atom is 0.121 e. The molecule has 0 saturated heterocycles. The van der Waals surface area contributed by atoms with Crippen molar-refractivity contribution in [2.75, 3.05) is 14.2 Å². The van der Waals surface area contributed by atoms with Crippen LogP contribution in [-0.2, 0) is 4.74 Å². The third-order valence-corrected chi connectivity index (χ3v) is 2.16. The van der Waals surface area contributed by atoms with Crippen LogP contribution in [0.3, 0.4) is 0 Å². The van der Waals surface area contributed by atoms with Gasteiger partial charge in [0.2, 0.25) is 0 Å². The molecule has 1 aromatic carbocycles. The van der Waals surface area contributed by atoms with E-state index in [9.17, 15) is 0 Å². The van der Waals surface area contributed by atoms with E-state index in [1.807, 2.05) is 32.1 Å². The van der Waals surface area contributed by atoms with Crippen LogP contribution >= 0.6 is 0 Å². The second kappa shape index (κ2) is 4.70. The van der Waals surface area contributed by atoms with E-state index >= 15 is 0 Å². The van der Waals surface area contributed by atoms with E-state index in [-0.39, 0.29) is 0 Å².